The van der Waals surface area contributed by atoms with E-state index in [4.69, 9.17) is 18.9 Å². The summed E-state index contributed by atoms with van der Waals surface area (Å²) in [6.07, 6.45) is 6.69. The van der Waals surface area contributed by atoms with Gasteiger partial charge in [-0.3, -0.25) is 9.69 Å². The summed E-state index contributed by atoms with van der Waals surface area (Å²) in [6.45, 7) is 5.36. The number of amides is 1. The smallest absolute Gasteiger partial charge is 0.251 e. The van der Waals surface area contributed by atoms with Crippen LogP contribution in [0.2, 0.25) is 0 Å². The first-order valence-corrected chi connectivity index (χ1v) is 14.5. The molecule has 1 saturated carbocycles. The van der Waals surface area contributed by atoms with Crippen molar-refractivity contribution in [2.75, 3.05) is 56.2 Å². The molecule has 1 atom stereocenters. The highest BCUT2D eigenvalue weighted by atomic mass is 16.5. The second-order valence-electron chi connectivity index (χ2n) is 11.0. The topological polar surface area (TPSA) is 125 Å². The largest absolute Gasteiger partial charge is 0.486 e. The summed E-state index contributed by atoms with van der Waals surface area (Å²) in [7, 11) is 0. The maximum atomic E-state index is 13.2. The number of aliphatic hydroxyl groups is 1. The fraction of sp³-hybridized carbons (Fsp3) is 0.500. The number of carbonyl (C=O) groups excluding carboxylic acids is 1. The molecule has 3 aliphatic rings. The fourth-order valence-electron chi connectivity index (χ4n) is 5.41. The molecule has 0 bridgehead atoms. The molecule has 11 nitrogen and oxygen atoms in total. The standard InChI is InChI=1S/C30H38N6O5/c37-25(18-35-7-6-21-12-26(5-4-22(21)17-35)40-19-27-16-31-20-41-27)15-32-30(38)23-13-28(33-24-2-1-3-24)34-29(14-23)36-8-10-39-11-9-36/h4-5,12-14,16,20,24-25,37H,1-3,6-11,15,17-19H2,(H,32,38)(H,33,34). The van der Waals surface area contributed by atoms with Crippen molar-refractivity contribution >= 4 is 17.5 Å². The lowest BCUT2D eigenvalue weighted by molar-refractivity contribution is 0.0841. The maximum Gasteiger partial charge on any atom is 0.251 e. The average Bonchev–Trinajstić information content (AvgIpc) is 3.51. The second kappa shape index (κ2) is 12.9. The number of benzene rings is 1. The number of anilines is 2. The summed E-state index contributed by atoms with van der Waals surface area (Å²) in [5.74, 6) is 2.78. The van der Waals surface area contributed by atoms with Crippen molar-refractivity contribution in [3.8, 4) is 5.75 Å². The van der Waals surface area contributed by atoms with Crippen LogP contribution in [0.25, 0.3) is 0 Å². The first kappa shape index (κ1) is 27.5. The van der Waals surface area contributed by atoms with Crippen molar-refractivity contribution < 1.29 is 23.8 Å². The highest BCUT2D eigenvalue weighted by Gasteiger charge is 2.23. The summed E-state index contributed by atoms with van der Waals surface area (Å²) in [6, 6.07) is 10.2. The van der Waals surface area contributed by atoms with E-state index in [1.807, 2.05) is 18.2 Å². The minimum Gasteiger partial charge on any atom is -0.486 e. The van der Waals surface area contributed by atoms with Gasteiger partial charge in [0.2, 0.25) is 0 Å². The Labute approximate surface area is 239 Å². The second-order valence-corrected chi connectivity index (χ2v) is 11.0. The van der Waals surface area contributed by atoms with E-state index in [-0.39, 0.29) is 12.5 Å². The van der Waals surface area contributed by atoms with Gasteiger partial charge in [-0.15, -0.1) is 0 Å². The van der Waals surface area contributed by atoms with Crippen LogP contribution in [0.4, 0.5) is 11.6 Å². The zero-order chi connectivity index (χ0) is 28.0. The van der Waals surface area contributed by atoms with E-state index in [1.165, 1.54) is 23.9 Å². The Morgan fingerprint density at radius 3 is 2.80 bits per heavy atom. The Kier molecular flexibility index (Phi) is 8.64. The van der Waals surface area contributed by atoms with Crippen LogP contribution in [0.15, 0.2) is 47.3 Å². The number of aromatic nitrogens is 2. The van der Waals surface area contributed by atoms with Gasteiger partial charge in [0.15, 0.2) is 12.2 Å². The van der Waals surface area contributed by atoms with E-state index < -0.39 is 6.10 Å². The summed E-state index contributed by atoms with van der Waals surface area (Å²) in [4.78, 5) is 26.2. The first-order chi connectivity index (χ1) is 20.1. The molecule has 3 aromatic rings. The van der Waals surface area contributed by atoms with Gasteiger partial charge in [0.05, 0.1) is 25.5 Å². The molecule has 2 fully saturated rings. The number of nitrogens with zero attached hydrogens (tertiary/aromatic N) is 4. The molecular weight excluding hydrogens is 524 g/mol. The fourth-order valence-corrected chi connectivity index (χ4v) is 5.41. The molecule has 2 aromatic heterocycles. The molecule has 11 heteroatoms. The quantitative estimate of drug-likeness (QED) is 0.321. The minimum absolute atomic E-state index is 0.178. The number of hydrogen-bond acceptors (Lipinski definition) is 10. The van der Waals surface area contributed by atoms with E-state index in [0.29, 0.717) is 43.7 Å². The zero-order valence-corrected chi connectivity index (χ0v) is 23.3. The zero-order valence-electron chi connectivity index (χ0n) is 23.3. The van der Waals surface area contributed by atoms with E-state index in [9.17, 15) is 9.90 Å². The predicted molar refractivity (Wildman–Crippen MR) is 153 cm³/mol. The lowest BCUT2D eigenvalue weighted by Gasteiger charge is -2.31. The minimum atomic E-state index is -0.682. The van der Waals surface area contributed by atoms with Crippen LogP contribution in [0.3, 0.4) is 0 Å². The van der Waals surface area contributed by atoms with Crippen molar-refractivity contribution in [2.45, 2.75) is 51.0 Å². The van der Waals surface area contributed by atoms with Crippen LogP contribution in [0.5, 0.6) is 5.75 Å². The molecule has 0 spiro atoms. The highest BCUT2D eigenvalue weighted by Crippen LogP contribution is 2.26. The van der Waals surface area contributed by atoms with Crippen molar-refractivity contribution in [2.24, 2.45) is 0 Å². The number of morpholine rings is 1. The Hall–Kier alpha value is -3.67. The number of ether oxygens (including phenoxy) is 2. The molecule has 6 rings (SSSR count). The molecule has 1 aliphatic carbocycles. The molecule has 2 aliphatic heterocycles. The van der Waals surface area contributed by atoms with Crippen LogP contribution < -0.4 is 20.3 Å². The number of fused-ring (bicyclic) bond motifs is 1. The van der Waals surface area contributed by atoms with Gasteiger partial charge < -0.3 is 34.5 Å². The molecule has 218 valence electrons. The van der Waals surface area contributed by atoms with Crippen molar-refractivity contribution in [3.63, 3.8) is 0 Å². The number of pyridine rings is 1. The molecule has 4 heterocycles. The number of rotatable bonds is 11. The van der Waals surface area contributed by atoms with Gasteiger partial charge in [-0.25, -0.2) is 9.97 Å². The molecule has 1 aromatic carbocycles. The molecular formula is C30H38N6O5. The van der Waals surface area contributed by atoms with Gasteiger partial charge in [-0.05, 0) is 61.1 Å². The summed E-state index contributed by atoms with van der Waals surface area (Å²) in [5.41, 5.74) is 3.02. The van der Waals surface area contributed by atoms with Gasteiger partial charge in [0.1, 0.15) is 24.0 Å². The molecule has 0 radical (unpaired) electrons. The normalized spacial score (nSPS) is 18.3. The van der Waals surface area contributed by atoms with Crippen molar-refractivity contribution in [1.82, 2.24) is 20.2 Å². The number of carbonyl (C=O) groups is 1. The summed E-state index contributed by atoms with van der Waals surface area (Å²) >= 11 is 0. The van der Waals surface area contributed by atoms with E-state index in [1.54, 1.807) is 6.20 Å². The SMILES string of the molecule is O=C(NCC(O)CN1CCc2cc(OCc3cnco3)ccc2C1)c1cc(NC2CCC2)nc(N2CCOCC2)c1. The average molecular weight is 563 g/mol. The van der Waals surface area contributed by atoms with Crippen LogP contribution in [0.1, 0.15) is 46.5 Å². The van der Waals surface area contributed by atoms with Gasteiger partial charge in [0, 0.05) is 50.9 Å². The van der Waals surface area contributed by atoms with Crippen LogP contribution >= 0.6 is 0 Å². The molecule has 41 heavy (non-hydrogen) atoms. The first-order valence-electron chi connectivity index (χ1n) is 14.5. The van der Waals surface area contributed by atoms with Crippen molar-refractivity contribution in [1.29, 1.82) is 0 Å². The van der Waals surface area contributed by atoms with Gasteiger partial charge in [-0.2, -0.15) is 0 Å². The highest BCUT2D eigenvalue weighted by molar-refractivity contribution is 5.95. The lowest BCUT2D eigenvalue weighted by Crippen LogP contribution is -2.42. The number of β-amino-alcohol motifs (C(OH)–C–C–N with tert-alkyl or cyclic N) is 1. The third kappa shape index (κ3) is 7.16. The van der Waals surface area contributed by atoms with Gasteiger partial charge in [0.25, 0.3) is 5.91 Å². The maximum absolute atomic E-state index is 13.2. The molecule has 3 N–H and O–H groups in total. The number of oxazole rings is 1. The monoisotopic (exact) mass is 562 g/mol. The van der Waals surface area contributed by atoms with E-state index in [2.05, 4.69) is 37.6 Å². The number of hydrogen-bond donors (Lipinski definition) is 3. The van der Waals surface area contributed by atoms with Crippen LogP contribution in [0, 0.1) is 0 Å². The molecule has 1 amide bonds. The molecule has 1 unspecified atom stereocenters. The number of aliphatic hydroxyl groups excluding tert-OH is 1. The van der Waals surface area contributed by atoms with Crippen LogP contribution in [-0.4, -0.2) is 84.0 Å². The Bertz CT molecular complexity index is 1310. The van der Waals surface area contributed by atoms with Crippen molar-refractivity contribution in [3.05, 3.63) is 65.4 Å². The lowest BCUT2D eigenvalue weighted by atomic mass is 9.93. The van der Waals surface area contributed by atoms with Gasteiger partial charge in [-0.1, -0.05) is 6.07 Å². The Morgan fingerprint density at radius 2 is 2.02 bits per heavy atom. The Balaban J connectivity index is 1.01. The summed E-state index contributed by atoms with van der Waals surface area (Å²) in [5, 5.41) is 17.2. The summed E-state index contributed by atoms with van der Waals surface area (Å²) < 4.78 is 16.5. The van der Waals surface area contributed by atoms with Crippen LogP contribution in [-0.2, 0) is 24.3 Å². The van der Waals surface area contributed by atoms with Gasteiger partial charge >= 0.3 is 0 Å². The Morgan fingerprint density at radius 1 is 1.15 bits per heavy atom. The predicted octanol–water partition coefficient (Wildman–Crippen LogP) is 2.60. The van der Waals surface area contributed by atoms with E-state index >= 15 is 0 Å². The number of nitrogens with one attached hydrogen (secondary N) is 2. The third-order valence-electron chi connectivity index (χ3n) is 7.97. The van der Waals surface area contributed by atoms with E-state index in [0.717, 1.165) is 62.8 Å². The molecule has 1 saturated heterocycles. The third-order valence-corrected chi connectivity index (χ3v) is 7.97.